The summed E-state index contributed by atoms with van der Waals surface area (Å²) in [6.07, 6.45) is 11.2. The molecule has 1 saturated carbocycles. The lowest BCUT2D eigenvalue weighted by atomic mass is 9.92. The minimum absolute atomic E-state index is 0.0693. The molecule has 110 valence electrons. The van der Waals surface area contributed by atoms with Crippen molar-refractivity contribution in [2.45, 2.75) is 62.7 Å². The number of piperidine rings is 1. The lowest BCUT2D eigenvalue weighted by molar-refractivity contribution is -0.121. The lowest BCUT2D eigenvalue weighted by Gasteiger charge is -2.43. The number of carbonyl (C=O) groups is 1. The van der Waals surface area contributed by atoms with E-state index in [0.717, 1.165) is 6.54 Å². The number of likely N-dealkylation sites (tertiary alicyclic amines) is 1. The van der Waals surface area contributed by atoms with E-state index in [1.807, 2.05) is 13.2 Å². The van der Waals surface area contributed by atoms with Gasteiger partial charge >= 0.3 is 0 Å². The van der Waals surface area contributed by atoms with Crippen LogP contribution in [0.25, 0.3) is 0 Å². The highest BCUT2D eigenvalue weighted by Gasteiger charge is 2.40. The fourth-order valence-corrected chi connectivity index (χ4v) is 3.81. The van der Waals surface area contributed by atoms with Crippen molar-refractivity contribution >= 4 is 17.7 Å². The van der Waals surface area contributed by atoms with E-state index in [4.69, 9.17) is 0 Å². The number of thioether (sulfide) groups is 1. The first-order valence-corrected chi connectivity index (χ1v) is 9.02. The Morgan fingerprint density at radius 2 is 1.84 bits per heavy atom. The molecule has 2 aliphatic rings. The largest absolute Gasteiger partial charge is 0.353 e. The van der Waals surface area contributed by atoms with Gasteiger partial charge in [-0.05, 0) is 52.0 Å². The topological polar surface area (TPSA) is 32.3 Å². The van der Waals surface area contributed by atoms with Crippen LogP contribution in [0.1, 0.15) is 51.9 Å². The molecule has 2 rings (SSSR count). The van der Waals surface area contributed by atoms with Gasteiger partial charge in [0.15, 0.2) is 0 Å². The summed E-state index contributed by atoms with van der Waals surface area (Å²) in [5.74, 6) is 0.204. The molecular formula is C15H28N2OS. The van der Waals surface area contributed by atoms with Gasteiger partial charge in [0.1, 0.15) is 0 Å². The average Bonchev–Trinajstić information content (AvgIpc) is 2.95. The summed E-state index contributed by atoms with van der Waals surface area (Å²) in [6.45, 7) is 5.31. The standard InChI is InChI=1S/C15H28N2OS/c1-13(19-2)14(18)16-12-15(8-4-5-9-15)17-10-6-3-7-11-17/h13H,3-12H2,1-2H3,(H,16,18)/t13-/m0/s1. The molecule has 1 atom stereocenters. The molecule has 1 heterocycles. The van der Waals surface area contributed by atoms with Crippen LogP contribution in [0.15, 0.2) is 0 Å². The molecule has 0 aromatic rings. The minimum Gasteiger partial charge on any atom is -0.353 e. The van der Waals surface area contributed by atoms with Crippen molar-refractivity contribution in [3.63, 3.8) is 0 Å². The van der Waals surface area contributed by atoms with Gasteiger partial charge in [0.05, 0.1) is 5.25 Å². The molecule has 1 aliphatic carbocycles. The molecule has 3 nitrogen and oxygen atoms in total. The van der Waals surface area contributed by atoms with Gasteiger partial charge in [0.25, 0.3) is 0 Å². The van der Waals surface area contributed by atoms with Crippen molar-refractivity contribution in [1.29, 1.82) is 0 Å². The summed E-state index contributed by atoms with van der Waals surface area (Å²) >= 11 is 1.62. The van der Waals surface area contributed by atoms with Gasteiger partial charge < -0.3 is 5.32 Å². The second kappa shape index (κ2) is 6.98. The smallest absolute Gasteiger partial charge is 0.232 e. The van der Waals surface area contributed by atoms with Gasteiger partial charge in [-0.2, -0.15) is 11.8 Å². The Morgan fingerprint density at radius 3 is 2.42 bits per heavy atom. The predicted octanol–water partition coefficient (Wildman–Crippen LogP) is 2.65. The quantitative estimate of drug-likeness (QED) is 0.842. The summed E-state index contributed by atoms with van der Waals surface area (Å²) in [7, 11) is 0. The number of amides is 1. The summed E-state index contributed by atoms with van der Waals surface area (Å²) in [4.78, 5) is 14.7. The Morgan fingerprint density at radius 1 is 1.21 bits per heavy atom. The van der Waals surface area contributed by atoms with Crippen molar-refractivity contribution < 1.29 is 4.79 Å². The Hall–Kier alpha value is -0.220. The van der Waals surface area contributed by atoms with Crippen LogP contribution < -0.4 is 5.32 Å². The Balaban J connectivity index is 1.93. The highest BCUT2D eigenvalue weighted by molar-refractivity contribution is 7.99. The molecule has 1 amide bonds. The van der Waals surface area contributed by atoms with Crippen molar-refractivity contribution in [2.24, 2.45) is 0 Å². The summed E-state index contributed by atoms with van der Waals surface area (Å²) < 4.78 is 0. The Labute approximate surface area is 121 Å². The number of carbonyl (C=O) groups excluding carboxylic acids is 1. The molecule has 0 radical (unpaired) electrons. The number of nitrogens with one attached hydrogen (secondary N) is 1. The van der Waals surface area contributed by atoms with Gasteiger partial charge in [-0.1, -0.05) is 19.3 Å². The third-order valence-corrected chi connectivity index (χ3v) is 5.80. The van der Waals surface area contributed by atoms with Crippen LogP contribution in [0.4, 0.5) is 0 Å². The zero-order valence-corrected chi connectivity index (χ0v) is 13.2. The zero-order chi connectivity index (χ0) is 13.7. The molecule has 0 aromatic carbocycles. The van der Waals surface area contributed by atoms with Crippen molar-refractivity contribution in [3.05, 3.63) is 0 Å². The van der Waals surface area contributed by atoms with E-state index in [-0.39, 0.29) is 16.7 Å². The van der Waals surface area contributed by atoms with Crippen molar-refractivity contribution in [3.8, 4) is 0 Å². The second-order valence-corrected chi connectivity index (χ2v) is 7.25. The third-order valence-electron chi connectivity index (χ3n) is 4.88. The molecule has 0 bridgehead atoms. The van der Waals surface area contributed by atoms with Crippen molar-refractivity contribution in [1.82, 2.24) is 10.2 Å². The molecule has 2 fully saturated rings. The lowest BCUT2D eigenvalue weighted by Crippen LogP contribution is -2.56. The van der Waals surface area contributed by atoms with E-state index in [1.165, 1.54) is 58.0 Å². The Kier molecular flexibility index (Phi) is 5.58. The molecule has 1 saturated heterocycles. The predicted molar refractivity (Wildman–Crippen MR) is 82.6 cm³/mol. The normalized spacial score (nSPS) is 25.2. The van der Waals surface area contributed by atoms with Gasteiger partial charge in [0.2, 0.25) is 5.91 Å². The van der Waals surface area contributed by atoms with Crippen LogP contribution in [0, 0.1) is 0 Å². The van der Waals surface area contributed by atoms with E-state index in [9.17, 15) is 4.79 Å². The molecule has 0 spiro atoms. The van der Waals surface area contributed by atoms with Crippen LogP contribution in [0.2, 0.25) is 0 Å². The molecule has 1 N–H and O–H groups in total. The van der Waals surface area contributed by atoms with E-state index in [2.05, 4.69) is 10.2 Å². The maximum absolute atomic E-state index is 12.0. The molecule has 0 aromatic heterocycles. The minimum atomic E-state index is 0.0693. The number of hydrogen-bond acceptors (Lipinski definition) is 3. The monoisotopic (exact) mass is 284 g/mol. The zero-order valence-electron chi connectivity index (χ0n) is 12.4. The first-order valence-electron chi connectivity index (χ1n) is 7.73. The van der Waals surface area contributed by atoms with Crippen molar-refractivity contribution in [2.75, 3.05) is 25.9 Å². The van der Waals surface area contributed by atoms with Gasteiger partial charge in [-0.3, -0.25) is 9.69 Å². The SMILES string of the molecule is CS[C@@H](C)C(=O)NCC1(N2CCCCC2)CCCC1. The van der Waals surface area contributed by atoms with E-state index >= 15 is 0 Å². The van der Waals surface area contributed by atoms with Gasteiger partial charge in [-0.15, -0.1) is 0 Å². The van der Waals surface area contributed by atoms with Crippen LogP contribution >= 0.6 is 11.8 Å². The average molecular weight is 284 g/mol. The van der Waals surface area contributed by atoms with Crippen LogP contribution in [0.5, 0.6) is 0 Å². The van der Waals surface area contributed by atoms with Gasteiger partial charge in [0, 0.05) is 12.1 Å². The number of rotatable bonds is 5. The molecule has 19 heavy (non-hydrogen) atoms. The number of nitrogens with zero attached hydrogens (tertiary/aromatic N) is 1. The summed E-state index contributed by atoms with van der Waals surface area (Å²) in [6, 6.07) is 0. The molecule has 0 unspecified atom stereocenters. The summed E-state index contributed by atoms with van der Waals surface area (Å²) in [5.41, 5.74) is 0.272. The fourth-order valence-electron chi connectivity index (χ4n) is 3.51. The van der Waals surface area contributed by atoms with Gasteiger partial charge in [-0.25, -0.2) is 0 Å². The van der Waals surface area contributed by atoms with E-state index in [1.54, 1.807) is 11.8 Å². The maximum atomic E-state index is 12.0. The van der Waals surface area contributed by atoms with Crippen LogP contribution in [0.3, 0.4) is 0 Å². The molecular weight excluding hydrogens is 256 g/mol. The van der Waals surface area contributed by atoms with Crippen LogP contribution in [-0.4, -0.2) is 47.5 Å². The van der Waals surface area contributed by atoms with E-state index < -0.39 is 0 Å². The summed E-state index contributed by atoms with van der Waals surface area (Å²) in [5, 5.41) is 3.28. The maximum Gasteiger partial charge on any atom is 0.232 e. The highest BCUT2D eigenvalue weighted by atomic mass is 32.2. The first kappa shape index (κ1) is 15.2. The molecule has 4 heteroatoms. The Bertz CT molecular complexity index is 297. The first-order chi connectivity index (χ1) is 9.18. The second-order valence-electron chi connectivity index (χ2n) is 6.07. The molecule has 1 aliphatic heterocycles. The third kappa shape index (κ3) is 3.66. The fraction of sp³-hybridized carbons (Fsp3) is 0.933. The number of hydrogen-bond donors (Lipinski definition) is 1. The van der Waals surface area contributed by atoms with E-state index in [0.29, 0.717) is 0 Å². The van der Waals surface area contributed by atoms with Crippen LogP contribution in [-0.2, 0) is 4.79 Å². The highest BCUT2D eigenvalue weighted by Crippen LogP contribution is 2.36.